The highest BCUT2D eigenvalue weighted by atomic mass is 79.9. The molecule has 0 bridgehead atoms. The van der Waals surface area contributed by atoms with Crippen LogP contribution >= 0.6 is 15.9 Å². The Morgan fingerprint density at radius 2 is 2.31 bits per heavy atom. The van der Waals surface area contributed by atoms with E-state index in [1.54, 1.807) is 13.2 Å². The van der Waals surface area contributed by atoms with Crippen molar-refractivity contribution in [3.05, 3.63) is 10.7 Å². The zero-order valence-corrected chi connectivity index (χ0v) is 10.7. The molecule has 6 heteroatoms. The van der Waals surface area contributed by atoms with Crippen LogP contribution in [0.4, 0.5) is 11.8 Å². The molecule has 1 aliphatic rings. The van der Waals surface area contributed by atoms with Gasteiger partial charge < -0.3 is 15.7 Å². The number of hydrogen-bond donors (Lipinski definition) is 3. The Balaban J connectivity index is 2.09. The smallest absolute Gasteiger partial charge is 0.224 e. The zero-order chi connectivity index (χ0) is 11.5. The fourth-order valence-corrected chi connectivity index (χ4v) is 2.28. The van der Waals surface area contributed by atoms with E-state index in [2.05, 4.69) is 36.5 Å². The lowest BCUT2D eigenvalue weighted by Crippen LogP contribution is -2.28. The van der Waals surface area contributed by atoms with Gasteiger partial charge in [0.1, 0.15) is 5.82 Å². The van der Waals surface area contributed by atoms with Gasteiger partial charge in [0, 0.05) is 13.2 Å². The summed E-state index contributed by atoms with van der Waals surface area (Å²) in [5.41, 5.74) is 0. The van der Waals surface area contributed by atoms with Gasteiger partial charge in [-0.25, -0.2) is 4.98 Å². The van der Waals surface area contributed by atoms with Crippen LogP contribution in [0.25, 0.3) is 0 Å². The Bertz CT molecular complexity index is 374. The van der Waals surface area contributed by atoms with E-state index < -0.39 is 0 Å². The summed E-state index contributed by atoms with van der Waals surface area (Å²) in [5.74, 6) is 1.29. The first-order valence-electron chi connectivity index (χ1n) is 5.35. The molecule has 3 N–H and O–H groups in total. The summed E-state index contributed by atoms with van der Waals surface area (Å²) < 4.78 is 0.826. The zero-order valence-electron chi connectivity index (χ0n) is 9.07. The molecule has 1 fully saturated rings. The van der Waals surface area contributed by atoms with Crippen LogP contribution in [0, 0.1) is 0 Å². The van der Waals surface area contributed by atoms with Crippen molar-refractivity contribution in [1.82, 2.24) is 9.97 Å². The number of nitrogens with zero attached hydrogens (tertiary/aromatic N) is 2. The second-order valence-electron chi connectivity index (χ2n) is 3.89. The van der Waals surface area contributed by atoms with Crippen LogP contribution < -0.4 is 10.6 Å². The molecule has 1 saturated carbocycles. The van der Waals surface area contributed by atoms with Crippen molar-refractivity contribution < 1.29 is 5.11 Å². The van der Waals surface area contributed by atoms with Gasteiger partial charge in [0.25, 0.3) is 0 Å². The lowest BCUT2D eigenvalue weighted by atomic mass is 10.2. The Morgan fingerprint density at radius 3 is 2.94 bits per heavy atom. The summed E-state index contributed by atoms with van der Waals surface area (Å²) in [7, 11) is 1.81. The Kier molecular flexibility index (Phi) is 3.60. The fourth-order valence-electron chi connectivity index (χ4n) is 1.89. The third-order valence-electron chi connectivity index (χ3n) is 2.77. The van der Waals surface area contributed by atoms with E-state index in [4.69, 9.17) is 0 Å². The van der Waals surface area contributed by atoms with Crippen molar-refractivity contribution in [2.75, 3.05) is 17.7 Å². The molecule has 0 amide bonds. The third kappa shape index (κ3) is 2.44. The van der Waals surface area contributed by atoms with Crippen molar-refractivity contribution in [2.45, 2.75) is 31.4 Å². The van der Waals surface area contributed by atoms with E-state index in [9.17, 15) is 5.11 Å². The lowest BCUT2D eigenvalue weighted by Gasteiger charge is -2.16. The van der Waals surface area contributed by atoms with Gasteiger partial charge >= 0.3 is 0 Å². The average molecular weight is 287 g/mol. The van der Waals surface area contributed by atoms with Gasteiger partial charge in [-0.3, -0.25) is 0 Å². The second-order valence-corrected chi connectivity index (χ2v) is 4.74. The monoisotopic (exact) mass is 286 g/mol. The second kappa shape index (κ2) is 4.97. The average Bonchev–Trinajstić information content (AvgIpc) is 2.67. The lowest BCUT2D eigenvalue weighted by molar-refractivity contribution is 0.171. The Morgan fingerprint density at radius 1 is 1.50 bits per heavy atom. The summed E-state index contributed by atoms with van der Waals surface area (Å²) in [6.45, 7) is 0. The van der Waals surface area contributed by atoms with Crippen LogP contribution in [-0.2, 0) is 0 Å². The van der Waals surface area contributed by atoms with E-state index in [-0.39, 0.29) is 12.1 Å². The van der Waals surface area contributed by atoms with Crippen molar-refractivity contribution in [2.24, 2.45) is 0 Å². The van der Waals surface area contributed by atoms with Gasteiger partial charge in [-0.1, -0.05) is 0 Å². The summed E-state index contributed by atoms with van der Waals surface area (Å²) in [5, 5.41) is 15.8. The maximum atomic E-state index is 9.69. The molecule has 1 heterocycles. The Labute approximate surface area is 103 Å². The summed E-state index contributed by atoms with van der Waals surface area (Å²) in [6, 6.07) is 0.0749. The first kappa shape index (κ1) is 11.6. The first-order chi connectivity index (χ1) is 7.70. The largest absolute Gasteiger partial charge is 0.391 e. The van der Waals surface area contributed by atoms with Crippen molar-refractivity contribution in [3.63, 3.8) is 0 Å². The van der Waals surface area contributed by atoms with Crippen LogP contribution in [0.1, 0.15) is 19.3 Å². The minimum Gasteiger partial charge on any atom is -0.391 e. The molecule has 0 aliphatic heterocycles. The number of aliphatic hydroxyl groups excluding tert-OH is 1. The fraction of sp³-hybridized carbons (Fsp3) is 0.600. The van der Waals surface area contributed by atoms with Gasteiger partial charge in [0.05, 0.1) is 16.6 Å². The number of anilines is 2. The molecule has 2 atom stereocenters. The number of nitrogens with one attached hydrogen (secondary N) is 2. The molecule has 16 heavy (non-hydrogen) atoms. The molecular weight excluding hydrogens is 272 g/mol. The summed E-state index contributed by atoms with van der Waals surface area (Å²) in [6.07, 6.45) is 4.28. The maximum absolute atomic E-state index is 9.69. The number of hydrogen-bond acceptors (Lipinski definition) is 5. The topological polar surface area (TPSA) is 70.1 Å². The van der Waals surface area contributed by atoms with Crippen molar-refractivity contribution >= 4 is 27.7 Å². The van der Waals surface area contributed by atoms with E-state index in [1.165, 1.54) is 0 Å². The highest BCUT2D eigenvalue weighted by molar-refractivity contribution is 9.10. The highest BCUT2D eigenvalue weighted by Crippen LogP contribution is 2.24. The molecule has 0 saturated heterocycles. The quantitative estimate of drug-likeness (QED) is 0.788. The van der Waals surface area contributed by atoms with Crippen molar-refractivity contribution in [3.8, 4) is 0 Å². The van der Waals surface area contributed by atoms with Gasteiger partial charge in [0.2, 0.25) is 5.95 Å². The standard InChI is InChI=1S/C10H15BrN4O/c1-12-9-6(11)5-13-10(15-9)14-7-3-2-4-8(7)16/h5,7-8,16H,2-4H2,1H3,(H2,12,13,14,15)/t7-,8-/m1/s1. The first-order valence-corrected chi connectivity index (χ1v) is 6.15. The van der Waals surface area contributed by atoms with Crippen LogP contribution in [-0.4, -0.2) is 34.3 Å². The molecule has 5 nitrogen and oxygen atoms in total. The molecule has 0 unspecified atom stereocenters. The molecule has 1 aliphatic carbocycles. The predicted octanol–water partition coefficient (Wildman–Crippen LogP) is 1.61. The number of halogens is 1. The molecule has 0 spiro atoms. The van der Waals surface area contributed by atoms with Crippen LogP contribution in [0.2, 0.25) is 0 Å². The molecule has 0 aromatic carbocycles. The molecule has 1 aromatic heterocycles. The van der Waals surface area contributed by atoms with Gasteiger partial charge in [-0.2, -0.15) is 4.98 Å². The maximum Gasteiger partial charge on any atom is 0.224 e. The third-order valence-corrected chi connectivity index (χ3v) is 3.36. The highest BCUT2D eigenvalue weighted by Gasteiger charge is 2.25. The summed E-state index contributed by atoms with van der Waals surface area (Å²) >= 11 is 3.35. The van der Waals surface area contributed by atoms with Gasteiger partial charge in [0.15, 0.2) is 0 Å². The van der Waals surface area contributed by atoms with Gasteiger partial charge in [-0.15, -0.1) is 0 Å². The van der Waals surface area contributed by atoms with Crippen LogP contribution in [0.15, 0.2) is 10.7 Å². The molecule has 2 rings (SSSR count). The van der Waals surface area contributed by atoms with E-state index in [0.29, 0.717) is 5.95 Å². The predicted molar refractivity (Wildman–Crippen MR) is 66.5 cm³/mol. The molecular formula is C10H15BrN4O. The molecule has 0 radical (unpaired) electrons. The molecule has 1 aromatic rings. The summed E-state index contributed by atoms with van der Waals surface area (Å²) in [4.78, 5) is 8.46. The minimum atomic E-state index is -0.287. The molecule has 88 valence electrons. The number of aromatic nitrogens is 2. The van der Waals surface area contributed by atoms with Gasteiger partial charge in [-0.05, 0) is 35.2 Å². The Hall–Kier alpha value is -0.880. The normalized spacial score (nSPS) is 24.4. The van der Waals surface area contributed by atoms with E-state index in [0.717, 1.165) is 29.6 Å². The van der Waals surface area contributed by atoms with Crippen LogP contribution in [0.3, 0.4) is 0 Å². The van der Waals surface area contributed by atoms with Crippen LogP contribution in [0.5, 0.6) is 0 Å². The minimum absolute atomic E-state index is 0.0749. The van der Waals surface area contributed by atoms with Crippen molar-refractivity contribution in [1.29, 1.82) is 0 Å². The van der Waals surface area contributed by atoms with E-state index >= 15 is 0 Å². The SMILES string of the molecule is CNc1nc(N[C@@H]2CCC[C@H]2O)ncc1Br. The number of rotatable bonds is 3. The number of aliphatic hydroxyl groups is 1. The van der Waals surface area contributed by atoms with E-state index in [1.807, 2.05) is 0 Å².